The Balaban J connectivity index is 1.72. The van der Waals surface area contributed by atoms with Gasteiger partial charge in [0.05, 0.1) is 6.20 Å². The molecule has 3 rings (SSSR count). The predicted molar refractivity (Wildman–Crippen MR) is 66.9 cm³/mol. The number of aromatic nitrogens is 3. The summed E-state index contributed by atoms with van der Waals surface area (Å²) in [5.41, 5.74) is 2.75. The van der Waals surface area contributed by atoms with Crippen LogP contribution in [0.2, 0.25) is 0 Å². The zero-order valence-electron chi connectivity index (χ0n) is 9.93. The molecule has 0 radical (unpaired) electrons. The van der Waals surface area contributed by atoms with Crippen molar-refractivity contribution in [1.82, 2.24) is 14.8 Å². The van der Waals surface area contributed by atoms with E-state index >= 15 is 0 Å². The second-order valence-electron chi connectivity index (χ2n) is 4.54. The third-order valence-electron chi connectivity index (χ3n) is 3.36. The molecule has 0 fully saturated rings. The van der Waals surface area contributed by atoms with Gasteiger partial charge in [-0.15, -0.1) is 0 Å². The van der Waals surface area contributed by atoms with Gasteiger partial charge in [0.25, 0.3) is 0 Å². The van der Waals surface area contributed by atoms with Gasteiger partial charge in [0.2, 0.25) is 0 Å². The van der Waals surface area contributed by atoms with Crippen molar-refractivity contribution in [3.05, 3.63) is 41.9 Å². The third kappa shape index (κ3) is 2.02. The van der Waals surface area contributed by atoms with Crippen LogP contribution in [-0.2, 0) is 19.9 Å². The third-order valence-corrected chi connectivity index (χ3v) is 3.36. The molecule has 0 spiro atoms. The van der Waals surface area contributed by atoms with E-state index < -0.39 is 0 Å². The van der Waals surface area contributed by atoms with E-state index in [2.05, 4.69) is 15.4 Å². The van der Waals surface area contributed by atoms with E-state index in [1.54, 1.807) is 0 Å². The van der Waals surface area contributed by atoms with E-state index in [0.29, 0.717) is 6.04 Å². The van der Waals surface area contributed by atoms with Crippen LogP contribution < -0.4 is 5.32 Å². The highest BCUT2D eigenvalue weighted by Crippen LogP contribution is 2.22. The number of fused-ring (bicyclic) bond motifs is 1. The highest BCUT2D eigenvalue weighted by molar-refractivity contribution is 5.36. The highest BCUT2D eigenvalue weighted by Gasteiger charge is 2.21. The molecule has 0 amide bonds. The average molecular weight is 228 g/mol. The second kappa shape index (κ2) is 4.20. The van der Waals surface area contributed by atoms with Gasteiger partial charge in [0.15, 0.2) is 0 Å². The Kier molecular flexibility index (Phi) is 2.55. The number of rotatable bonds is 2. The summed E-state index contributed by atoms with van der Waals surface area (Å²) in [6.07, 6.45) is 7.08. The van der Waals surface area contributed by atoms with Gasteiger partial charge >= 0.3 is 0 Å². The molecule has 1 atom stereocenters. The van der Waals surface area contributed by atoms with Crippen molar-refractivity contribution >= 4 is 5.82 Å². The monoisotopic (exact) mass is 228 g/mol. The van der Waals surface area contributed by atoms with Crippen LogP contribution in [0.1, 0.15) is 17.7 Å². The molecule has 0 aromatic carbocycles. The summed E-state index contributed by atoms with van der Waals surface area (Å²) in [7, 11) is 2.02. The maximum atomic E-state index is 4.31. The number of nitrogens with one attached hydrogen (secondary N) is 1. The first-order valence-electron chi connectivity index (χ1n) is 6.00. The van der Waals surface area contributed by atoms with Gasteiger partial charge in [0, 0.05) is 25.0 Å². The van der Waals surface area contributed by atoms with Crippen LogP contribution in [0.4, 0.5) is 5.82 Å². The van der Waals surface area contributed by atoms with Gasteiger partial charge in [-0.2, -0.15) is 5.10 Å². The number of nitrogens with zero attached hydrogens (tertiary/aromatic N) is 3. The zero-order chi connectivity index (χ0) is 11.7. The quantitative estimate of drug-likeness (QED) is 0.852. The zero-order valence-corrected chi connectivity index (χ0v) is 9.93. The van der Waals surface area contributed by atoms with E-state index in [4.69, 9.17) is 0 Å². The number of anilines is 1. The second-order valence-corrected chi connectivity index (χ2v) is 4.54. The summed E-state index contributed by atoms with van der Waals surface area (Å²) in [6, 6.07) is 6.43. The molecule has 1 aliphatic rings. The Morgan fingerprint density at radius 3 is 3.18 bits per heavy atom. The van der Waals surface area contributed by atoms with Crippen molar-refractivity contribution < 1.29 is 0 Å². The SMILES string of the molecule is Cn1ncc2c1CCC(Nc1ccccn1)C2. The Hall–Kier alpha value is -1.84. The molecule has 2 heterocycles. The minimum Gasteiger partial charge on any atom is -0.367 e. The van der Waals surface area contributed by atoms with Crippen molar-refractivity contribution in [2.45, 2.75) is 25.3 Å². The fourth-order valence-corrected chi connectivity index (χ4v) is 2.46. The molecule has 2 aromatic rings. The maximum Gasteiger partial charge on any atom is 0.126 e. The fourth-order valence-electron chi connectivity index (χ4n) is 2.46. The van der Waals surface area contributed by atoms with E-state index in [9.17, 15) is 0 Å². The maximum absolute atomic E-state index is 4.31. The lowest BCUT2D eigenvalue weighted by molar-refractivity contribution is 0.577. The van der Waals surface area contributed by atoms with Crippen LogP contribution in [0.3, 0.4) is 0 Å². The molecule has 4 nitrogen and oxygen atoms in total. The molecule has 4 heteroatoms. The number of hydrogen-bond donors (Lipinski definition) is 1. The summed E-state index contributed by atoms with van der Waals surface area (Å²) in [5, 5.41) is 7.80. The highest BCUT2D eigenvalue weighted by atomic mass is 15.3. The lowest BCUT2D eigenvalue weighted by Gasteiger charge is -2.23. The molecule has 0 bridgehead atoms. The topological polar surface area (TPSA) is 42.7 Å². The summed E-state index contributed by atoms with van der Waals surface area (Å²) in [6.45, 7) is 0. The normalized spacial score (nSPS) is 18.8. The van der Waals surface area contributed by atoms with Gasteiger partial charge in [-0.25, -0.2) is 4.98 Å². The molecule has 1 unspecified atom stereocenters. The Morgan fingerprint density at radius 1 is 1.41 bits per heavy atom. The van der Waals surface area contributed by atoms with Gasteiger partial charge in [-0.05, 0) is 37.0 Å². The Labute approximate surface area is 101 Å². The van der Waals surface area contributed by atoms with Crippen molar-refractivity contribution in [3.63, 3.8) is 0 Å². The van der Waals surface area contributed by atoms with Crippen LogP contribution in [0.25, 0.3) is 0 Å². The molecule has 0 saturated heterocycles. The first-order valence-corrected chi connectivity index (χ1v) is 6.00. The first-order chi connectivity index (χ1) is 8.33. The molecule has 2 aromatic heterocycles. The predicted octanol–water partition coefficient (Wildman–Crippen LogP) is 1.78. The average Bonchev–Trinajstić information content (AvgIpc) is 2.72. The molecule has 1 aliphatic carbocycles. The molecule has 88 valence electrons. The van der Waals surface area contributed by atoms with Crippen LogP contribution in [-0.4, -0.2) is 20.8 Å². The number of hydrogen-bond acceptors (Lipinski definition) is 3. The van der Waals surface area contributed by atoms with Crippen molar-refractivity contribution in [1.29, 1.82) is 0 Å². The minimum atomic E-state index is 0.474. The number of pyridine rings is 1. The Bertz CT molecular complexity index is 503. The fraction of sp³-hybridized carbons (Fsp3) is 0.385. The standard InChI is InChI=1S/C13H16N4/c1-17-12-6-5-11(8-10(12)9-15-17)16-13-4-2-3-7-14-13/h2-4,7,9,11H,5-6,8H2,1H3,(H,14,16). The summed E-state index contributed by atoms with van der Waals surface area (Å²) < 4.78 is 1.99. The molecule has 17 heavy (non-hydrogen) atoms. The lowest BCUT2D eigenvalue weighted by atomic mass is 9.93. The van der Waals surface area contributed by atoms with Crippen LogP contribution in [0.5, 0.6) is 0 Å². The molecular formula is C13H16N4. The Morgan fingerprint density at radius 2 is 2.35 bits per heavy atom. The summed E-state index contributed by atoms with van der Waals surface area (Å²) in [4.78, 5) is 4.30. The van der Waals surface area contributed by atoms with Gasteiger partial charge in [0.1, 0.15) is 5.82 Å². The van der Waals surface area contributed by atoms with Gasteiger partial charge in [-0.3, -0.25) is 4.68 Å². The summed E-state index contributed by atoms with van der Waals surface area (Å²) in [5.74, 6) is 0.963. The van der Waals surface area contributed by atoms with Crippen molar-refractivity contribution in [2.75, 3.05) is 5.32 Å². The lowest BCUT2D eigenvalue weighted by Crippen LogP contribution is -2.27. The number of aryl methyl sites for hydroxylation is 1. The van der Waals surface area contributed by atoms with E-state index in [0.717, 1.165) is 25.1 Å². The largest absolute Gasteiger partial charge is 0.367 e. The molecule has 0 aliphatic heterocycles. The van der Waals surface area contributed by atoms with Crippen molar-refractivity contribution in [2.24, 2.45) is 7.05 Å². The van der Waals surface area contributed by atoms with Crippen LogP contribution in [0, 0.1) is 0 Å². The van der Waals surface area contributed by atoms with Crippen molar-refractivity contribution in [3.8, 4) is 0 Å². The summed E-state index contributed by atoms with van der Waals surface area (Å²) >= 11 is 0. The van der Waals surface area contributed by atoms with E-state index in [-0.39, 0.29) is 0 Å². The van der Waals surface area contributed by atoms with E-state index in [1.807, 2.05) is 42.3 Å². The smallest absolute Gasteiger partial charge is 0.126 e. The first kappa shape index (κ1) is 10.3. The molecule has 1 N–H and O–H groups in total. The molecular weight excluding hydrogens is 212 g/mol. The molecule has 0 saturated carbocycles. The van der Waals surface area contributed by atoms with E-state index in [1.165, 1.54) is 11.3 Å². The minimum absolute atomic E-state index is 0.474. The van der Waals surface area contributed by atoms with Gasteiger partial charge in [-0.1, -0.05) is 6.07 Å². The van der Waals surface area contributed by atoms with Crippen LogP contribution in [0.15, 0.2) is 30.6 Å². The van der Waals surface area contributed by atoms with Gasteiger partial charge < -0.3 is 5.32 Å². The van der Waals surface area contributed by atoms with Crippen LogP contribution >= 0.6 is 0 Å².